The summed E-state index contributed by atoms with van der Waals surface area (Å²) >= 11 is 0. The van der Waals surface area contributed by atoms with Crippen molar-refractivity contribution >= 4 is 23.5 Å². The molecule has 3 rings (SSSR count). The fourth-order valence-corrected chi connectivity index (χ4v) is 3.70. The number of rotatable bonds is 5. The molecule has 2 fully saturated rings. The summed E-state index contributed by atoms with van der Waals surface area (Å²) in [7, 11) is 1.27. The van der Waals surface area contributed by atoms with Gasteiger partial charge in [-0.3, -0.25) is 14.9 Å². The predicted molar refractivity (Wildman–Crippen MR) is 101 cm³/mol. The number of carbonyl (C=O) groups excluding carboxylic acids is 3. The highest BCUT2D eigenvalue weighted by Crippen LogP contribution is 2.30. The summed E-state index contributed by atoms with van der Waals surface area (Å²) in [4.78, 5) is 39.3. The molecular formula is C19H24F2N4O4. The molecule has 0 radical (unpaired) electrons. The lowest BCUT2D eigenvalue weighted by atomic mass is 9.95. The summed E-state index contributed by atoms with van der Waals surface area (Å²) < 4.78 is 32.4. The van der Waals surface area contributed by atoms with E-state index in [2.05, 4.69) is 10.6 Å². The molecule has 0 spiro atoms. The Balaban J connectivity index is 1.61. The lowest BCUT2D eigenvalue weighted by Gasteiger charge is -2.41. The first-order valence-electron chi connectivity index (χ1n) is 9.35. The van der Waals surface area contributed by atoms with Gasteiger partial charge >= 0.3 is 6.03 Å². The van der Waals surface area contributed by atoms with Crippen LogP contribution < -0.4 is 20.3 Å². The quantitative estimate of drug-likeness (QED) is 0.716. The van der Waals surface area contributed by atoms with Crippen molar-refractivity contribution in [1.82, 2.24) is 15.5 Å². The number of anilines is 1. The lowest BCUT2D eigenvalue weighted by molar-refractivity contribution is -0.132. The van der Waals surface area contributed by atoms with Crippen molar-refractivity contribution in [3.63, 3.8) is 0 Å². The molecule has 4 amide bonds. The zero-order chi connectivity index (χ0) is 21.3. The van der Waals surface area contributed by atoms with Crippen molar-refractivity contribution in [1.29, 1.82) is 0 Å². The number of nitrogens with one attached hydrogen (secondary N) is 2. The smallest absolute Gasteiger partial charge is 0.322 e. The average Bonchev–Trinajstić information content (AvgIpc) is 2.93. The third-order valence-corrected chi connectivity index (χ3v) is 5.47. The highest BCUT2D eigenvalue weighted by molar-refractivity contribution is 6.06. The van der Waals surface area contributed by atoms with Crippen molar-refractivity contribution < 1.29 is 27.9 Å². The van der Waals surface area contributed by atoms with Gasteiger partial charge in [0.1, 0.15) is 5.54 Å². The van der Waals surface area contributed by atoms with Gasteiger partial charge in [0.05, 0.1) is 7.11 Å². The maximum Gasteiger partial charge on any atom is 0.322 e. The van der Waals surface area contributed by atoms with Crippen molar-refractivity contribution in [2.75, 3.05) is 31.6 Å². The minimum Gasteiger partial charge on any atom is -0.493 e. The molecule has 0 saturated carbocycles. The Morgan fingerprint density at radius 3 is 2.62 bits per heavy atom. The summed E-state index contributed by atoms with van der Waals surface area (Å²) in [5.74, 6) is -2.77. The van der Waals surface area contributed by atoms with Crippen LogP contribution in [0.5, 0.6) is 5.75 Å². The zero-order valence-electron chi connectivity index (χ0n) is 16.6. The molecule has 2 aliphatic heterocycles. The monoisotopic (exact) mass is 410 g/mol. The summed E-state index contributed by atoms with van der Waals surface area (Å²) in [5, 5.41) is 4.71. The van der Waals surface area contributed by atoms with E-state index in [9.17, 15) is 23.2 Å². The van der Waals surface area contributed by atoms with Crippen LogP contribution in [0.4, 0.5) is 19.3 Å². The molecule has 158 valence electrons. The zero-order valence-corrected chi connectivity index (χ0v) is 16.6. The number of urea groups is 1. The number of methoxy groups -OCH3 is 1. The summed E-state index contributed by atoms with van der Waals surface area (Å²) in [6.45, 7) is 4.71. The third-order valence-electron chi connectivity index (χ3n) is 5.47. The van der Waals surface area contributed by atoms with E-state index in [1.807, 2.05) is 11.8 Å². The van der Waals surface area contributed by atoms with Crippen molar-refractivity contribution in [3.8, 4) is 5.75 Å². The van der Waals surface area contributed by atoms with E-state index in [0.29, 0.717) is 25.3 Å². The van der Waals surface area contributed by atoms with E-state index in [-0.39, 0.29) is 30.5 Å². The fourth-order valence-electron chi connectivity index (χ4n) is 3.70. The molecule has 2 N–H and O–H groups in total. The molecule has 2 atom stereocenters. The summed E-state index contributed by atoms with van der Waals surface area (Å²) in [6, 6.07) is 1.87. The molecule has 1 aromatic carbocycles. The van der Waals surface area contributed by atoms with Gasteiger partial charge in [-0.25, -0.2) is 9.18 Å². The third kappa shape index (κ3) is 4.10. The van der Waals surface area contributed by atoms with Gasteiger partial charge in [0.15, 0.2) is 11.6 Å². The number of piperazine rings is 1. The van der Waals surface area contributed by atoms with E-state index in [1.54, 1.807) is 11.8 Å². The topological polar surface area (TPSA) is 91.0 Å². The molecule has 0 aromatic heterocycles. The van der Waals surface area contributed by atoms with Crippen LogP contribution in [0, 0.1) is 11.6 Å². The number of amides is 4. The number of hydrogen-bond acceptors (Lipinski definition) is 5. The number of ether oxygens (including phenoxy) is 1. The maximum absolute atomic E-state index is 13.8. The fraction of sp³-hybridized carbons (Fsp3) is 0.526. The Morgan fingerprint density at radius 2 is 2.03 bits per heavy atom. The van der Waals surface area contributed by atoms with Gasteiger partial charge in [-0.2, -0.15) is 4.39 Å². The Morgan fingerprint density at radius 1 is 1.31 bits per heavy atom. The van der Waals surface area contributed by atoms with Gasteiger partial charge in [0.25, 0.3) is 5.91 Å². The van der Waals surface area contributed by atoms with Gasteiger partial charge < -0.3 is 19.9 Å². The molecule has 2 heterocycles. The Hall–Kier alpha value is -2.91. The molecule has 2 aliphatic rings. The highest BCUT2D eigenvalue weighted by atomic mass is 19.2. The summed E-state index contributed by atoms with van der Waals surface area (Å²) in [6.07, 6.45) is 0.300. The minimum atomic E-state index is -1.09. The van der Waals surface area contributed by atoms with Gasteiger partial charge in [-0.1, -0.05) is 0 Å². The lowest BCUT2D eigenvalue weighted by Crippen LogP contribution is -2.54. The largest absolute Gasteiger partial charge is 0.493 e. The van der Waals surface area contributed by atoms with E-state index in [4.69, 9.17) is 4.74 Å². The van der Waals surface area contributed by atoms with Crippen LogP contribution in [0.1, 0.15) is 26.7 Å². The SMILES string of the molecule is COc1cc(N2CCN(C(=O)CCC3(C)NC(=O)NC3=O)C[C@@H]2C)cc(F)c1F. The van der Waals surface area contributed by atoms with Crippen LogP contribution in [-0.4, -0.2) is 61.1 Å². The van der Waals surface area contributed by atoms with Crippen molar-refractivity contribution in [2.45, 2.75) is 38.3 Å². The van der Waals surface area contributed by atoms with Crippen LogP contribution in [0.3, 0.4) is 0 Å². The van der Waals surface area contributed by atoms with Crippen molar-refractivity contribution in [3.05, 3.63) is 23.8 Å². The molecule has 8 nitrogen and oxygen atoms in total. The van der Waals surface area contributed by atoms with Crippen molar-refractivity contribution in [2.24, 2.45) is 0 Å². The highest BCUT2D eigenvalue weighted by Gasteiger charge is 2.42. The van der Waals surface area contributed by atoms with Crippen LogP contribution in [-0.2, 0) is 9.59 Å². The first-order chi connectivity index (χ1) is 13.6. The van der Waals surface area contributed by atoms with E-state index >= 15 is 0 Å². The maximum atomic E-state index is 13.8. The number of halogens is 2. The van der Waals surface area contributed by atoms with E-state index < -0.39 is 29.1 Å². The standard InChI is InChI=1S/C19H24F2N4O4/c1-11-10-24(15(26)4-5-19(2)17(27)22-18(28)23-19)6-7-25(11)12-8-13(20)16(21)14(9-12)29-3/h8-9,11H,4-7,10H2,1-3H3,(H2,22,23,27,28)/t11-,19?/m0/s1. The number of nitrogens with zero attached hydrogens (tertiary/aromatic N) is 2. The van der Waals surface area contributed by atoms with Crippen LogP contribution in [0.15, 0.2) is 12.1 Å². The van der Waals surface area contributed by atoms with Gasteiger partial charge in [0, 0.05) is 49.9 Å². The van der Waals surface area contributed by atoms with Gasteiger partial charge in [0.2, 0.25) is 11.7 Å². The molecule has 29 heavy (non-hydrogen) atoms. The van der Waals surface area contributed by atoms with Gasteiger partial charge in [-0.05, 0) is 20.3 Å². The molecule has 0 bridgehead atoms. The number of hydrogen-bond donors (Lipinski definition) is 2. The molecule has 0 aliphatic carbocycles. The Kier molecular flexibility index (Phi) is 5.63. The number of carbonyl (C=O) groups is 3. The predicted octanol–water partition coefficient (Wildman–Crippen LogP) is 1.39. The molecule has 1 unspecified atom stereocenters. The van der Waals surface area contributed by atoms with E-state index in [0.717, 1.165) is 6.07 Å². The second-order valence-electron chi connectivity index (χ2n) is 7.57. The first kappa shape index (κ1) is 20.8. The molecular weight excluding hydrogens is 386 g/mol. The second-order valence-corrected chi connectivity index (χ2v) is 7.57. The van der Waals surface area contributed by atoms with E-state index in [1.165, 1.54) is 13.2 Å². The first-order valence-corrected chi connectivity index (χ1v) is 9.35. The molecule has 1 aromatic rings. The molecule has 10 heteroatoms. The summed E-state index contributed by atoms with van der Waals surface area (Å²) in [5.41, 5.74) is -0.610. The number of benzene rings is 1. The minimum absolute atomic E-state index is 0.107. The van der Waals surface area contributed by atoms with Gasteiger partial charge in [-0.15, -0.1) is 0 Å². The Labute approximate surface area is 167 Å². The normalized spacial score (nSPS) is 24.4. The molecule has 2 saturated heterocycles. The van der Waals surface area contributed by atoms with Crippen LogP contribution >= 0.6 is 0 Å². The van der Waals surface area contributed by atoms with Crippen LogP contribution in [0.25, 0.3) is 0 Å². The average molecular weight is 410 g/mol. The van der Waals surface area contributed by atoms with Crippen LogP contribution in [0.2, 0.25) is 0 Å². The second kappa shape index (κ2) is 7.84. The Bertz CT molecular complexity index is 850. The number of imide groups is 1.